The van der Waals surface area contributed by atoms with Crippen LogP contribution >= 0.6 is 11.8 Å². The summed E-state index contributed by atoms with van der Waals surface area (Å²) in [6.45, 7) is 2.01. The number of benzene rings is 2. The highest BCUT2D eigenvalue weighted by atomic mass is 32.2. The number of carbonyl (C=O) groups is 1. The second-order valence-electron chi connectivity index (χ2n) is 5.35. The molecule has 4 heteroatoms. The van der Waals surface area contributed by atoms with Gasteiger partial charge in [0.15, 0.2) is 0 Å². The average Bonchev–Trinajstić information content (AvgIpc) is 2.60. The highest BCUT2D eigenvalue weighted by Crippen LogP contribution is 2.20. The minimum Gasteiger partial charge on any atom is -0.349 e. The Labute approximate surface area is 140 Å². The van der Waals surface area contributed by atoms with Crippen molar-refractivity contribution < 1.29 is 4.79 Å². The predicted molar refractivity (Wildman–Crippen MR) is 95.5 cm³/mol. The van der Waals surface area contributed by atoms with Crippen LogP contribution in [-0.4, -0.2) is 16.6 Å². The van der Waals surface area contributed by atoms with Gasteiger partial charge in [-0.05, 0) is 41.5 Å². The van der Waals surface area contributed by atoms with E-state index >= 15 is 0 Å². The SMILES string of the molecule is CC(NC(=O)CSc1ccccn1)c1ccc2ccccc2c1. The number of pyridine rings is 1. The zero-order valence-corrected chi connectivity index (χ0v) is 13.7. The fourth-order valence-corrected chi connectivity index (χ4v) is 3.09. The number of fused-ring (bicyclic) bond motifs is 1. The molecule has 0 saturated carbocycles. The third-order valence-electron chi connectivity index (χ3n) is 3.64. The number of thioether (sulfide) groups is 1. The van der Waals surface area contributed by atoms with Gasteiger partial charge in [-0.15, -0.1) is 0 Å². The van der Waals surface area contributed by atoms with Crippen LogP contribution in [-0.2, 0) is 4.79 Å². The Kier molecular flexibility index (Phi) is 4.93. The summed E-state index contributed by atoms with van der Waals surface area (Å²) in [6.07, 6.45) is 1.73. The smallest absolute Gasteiger partial charge is 0.230 e. The van der Waals surface area contributed by atoms with Gasteiger partial charge in [0.05, 0.1) is 16.8 Å². The molecule has 1 aromatic heterocycles. The Morgan fingerprint density at radius 3 is 2.65 bits per heavy atom. The monoisotopic (exact) mass is 322 g/mol. The third-order valence-corrected chi connectivity index (χ3v) is 4.58. The summed E-state index contributed by atoms with van der Waals surface area (Å²) >= 11 is 1.45. The van der Waals surface area contributed by atoms with Gasteiger partial charge in [0.25, 0.3) is 0 Å². The normalized spacial score (nSPS) is 12.0. The zero-order valence-electron chi connectivity index (χ0n) is 12.9. The van der Waals surface area contributed by atoms with Gasteiger partial charge in [-0.3, -0.25) is 4.79 Å². The highest BCUT2D eigenvalue weighted by molar-refractivity contribution is 7.99. The summed E-state index contributed by atoms with van der Waals surface area (Å²) in [5.74, 6) is 0.385. The molecule has 116 valence electrons. The molecule has 1 amide bonds. The first-order valence-corrected chi connectivity index (χ1v) is 8.53. The van der Waals surface area contributed by atoms with Gasteiger partial charge in [-0.25, -0.2) is 4.98 Å². The average molecular weight is 322 g/mol. The Morgan fingerprint density at radius 2 is 1.87 bits per heavy atom. The van der Waals surface area contributed by atoms with Crippen LogP contribution in [0.25, 0.3) is 10.8 Å². The van der Waals surface area contributed by atoms with E-state index in [0.717, 1.165) is 10.6 Å². The Hall–Kier alpha value is -2.33. The van der Waals surface area contributed by atoms with E-state index < -0.39 is 0 Å². The maximum Gasteiger partial charge on any atom is 0.230 e. The van der Waals surface area contributed by atoms with E-state index in [1.165, 1.54) is 22.5 Å². The van der Waals surface area contributed by atoms with E-state index in [1.807, 2.05) is 37.3 Å². The number of amides is 1. The van der Waals surface area contributed by atoms with E-state index in [0.29, 0.717) is 5.75 Å². The topological polar surface area (TPSA) is 42.0 Å². The minimum absolute atomic E-state index is 0.0151. The molecule has 0 aliphatic carbocycles. The summed E-state index contributed by atoms with van der Waals surface area (Å²) in [4.78, 5) is 16.3. The summed E-state index contributed by atoms with van der Waals surface area (Å²) in [5, 5.41) is 6.30. The number of hydrogen-bond acceptors (Lipinski definition) is 3. The van der Waals surface area contributed by atoms with Crippen LogP contribution in [0.3, 0.4) is 0 Å². The molecule has 0 aliphatic heterocycles. The van der Waals surface area contributed by atoms with Crippen molar-refractivity contribution in [2.75, 3.05) is 5.75 Å². The number of nitrogens with one attached hydrogen (secondary N) is 1. The Balaban J connectivity index is 1.61. The number of rotatable bonds is 5. The lowest BCUT2D eigenvalue weighted by Crippen LogP contribution is -2.28. The van der Waals surface area contributed by atoms with Gasteiger partial charge >= 0.3 is 0 Å². The van der Waals surface area contributed by atoms with Crippen LogP contribution in [0.1, 0.15) is 18.5 Å². The molecule has 2 aromatic carbocycles. The van der Waals surface area contributed by atoms with Gasteiger partial charge in [0.1, 0.15) is 0 Å². The lowest BCUT2D eigenvalue weighted by atomic mass is 10.0. The maximum absolute atomic E-state index is 12.1. The lowest BCUT2D eigenvalue weighted by Gasteiger charge is -2.15. The van der Waals surface area contributed by atoms with Crippen LogP contribution < -0.4 is 5.32 Å². The van der Waals surface area contributed by atoms with Crippen LogP contribution in [0.15, 0.2) is 71.9 Å². The number of hydrogen-bond donors (Lipinski definition) is 1. The molecule has 0 fully saturated rings. The number of nitrogens with zero attached hydrogens (tertiary/aromatic N) is 1. The lowest BCUT2D eigenvalue weighted by molar-refractivity contribution is -0.119. The van der Waals surface area contributed by atoms with Gasteiger partial charge in [0.2, 0.25) is 5.91 Å². The molecule has 1 atom stereocenters. The molecule has 0 spiro atoms. The Bertz CT molecular complexity index is 805. The molecule has 1 heterocycles. The standard InChI is InChI=1S/C19H18N2OS/c1-14(16-10-9-15-6-2-3-7-17(15)12-16)21-18(22)13-23-19-8-4-5-11-20-19/h2-12,14H,13H2,1H3,(H,21,22). The first kappa shape index (κ1) is 15.6. The van der Waals surface area contributed by atoms with Crippen molar-refractivity contribution in [1.82, 2.24) is 10.3 Å². The molecular formula is C19H18N2OS. The molecule has 3 aromatic rings. The predicted octanol–water partition coefficient (Wildman–Crippen LogP) is 4.20. The van der Waals surface area contributed by atoms with E-state index in [-0.39, 0.29) is 11.9 Å². The van der Waals surface area contributed by atoms with E-state index in [9.17, 15) is 4.79 Å². The fourth-order valence-electron chi connectivity index (χ4n) is 2.42. The van der Waals surface area contributed by atoms with Crippen LogP contribution in [0, 0.1) is 0 Å². The summed E-state index contributed by atoms with van der Waals surface area (Å²) < 4.78 is 0. The van der Waals surface area contributed by atoms with Crippen molar-refractivity contribution in [3.8, 4) is 0 Å². The molecule has 0 aliphatic rings. The third kappa shape index (κ3) is 4.11. The summed E-state index contributed by atoms with van der Waals surface area (Å²) in [5.41, 5.74) is 1.11. The van der Waals surface area contributed by atoms with Gasteiger partial charge in [-0.1, -0.05) is 54.2 Å². The number of carbonyl (C=O) groups excluding carboxylic acids is 1. The van der Waals surface area contributed by atoms with Crippen LogP contribution in [0.2, 0.25) is 0 Å². The van der Waals surface area contributed by atoms with Crippen LogP contribution in [0.4, 0.5) is 0 Å². The van der Waals surface area contributed by atoms with Crippen LogP contribution in [0.5, 0.6) is 0 Å². The molecule has 23 heavy (non-hydrogen) atoms. The zero-order chi connectivity index (χ0) is 16.1. The van der Waals surface area contributed by atoms with E-state index in [4.69, 9.17) is 0 Å². The molecule has 0 saturated heterocycles. The van der Waals surface area contributed by atoms with Gasteiger partial charge in [0, 0.05) is 6.20 Å². The molecule has 3 rings (SSSR count). The number of aromatic nitrogens is 1. The van der Waals surface area contributed by atoms with Gasteiger partial charge < -0.3 is 5.32 Å². The van der Waals surface area contributed by atoms with E-state index in [2.05, 4.69) is 40.6 Å². The van der Waals surface area contributed by atoms with E-state index in [1.54, 1.807) is 6.20 Å². The Morgan fingerprint density at radius 1 is 1.09 bits per heavy atom. The molecular weight excluding hydrogens is 304 g/mol. The second-order valence-corrected chi connectivity index (χ2v) is 6.35. The molecule has 1 unspecified atom stereocenters. The largest absolute Gasteiger partial charge is 0.349 e. The summed E-state index contributed by atoms with van der Waals surface area (Å²) in [6, 6.07) is 20.2. The second kappa shape index (κ2) is 7.29. The fraction of sp³-hybridized carbons (Fsp3) is 0.158. The van der Waals surface area contributed by atoms with Crippen molar-refractivity contribution in [3.05, 3.63) is 72.4 Å². The maximum atomic E-state index is 12.1. The molecule has 3 nitrogen and oxygen atoms in total. The van der Waals surface area contributed by atoms with Gasteiger partial charge in [-0.2, -0.15) is 0 Å². The minimum atomic E-state index is -0.0172. The van der Waals surface area contributed by atoms with Crippen molar-refractivity contribution >= 4 is 28.4 Å². The summed E-state index contributed by atoms with van der Waals surface area (Å²) in [7, 11) is 0. The first-order valence-electron chi connectivity index (χ1n) is 7.54. The highest BCUT2D eigenvalue weighted by Gasteiger charge is 2.10. The van der Waals surface area contributed by atoms with Crippen molar-refractivity contribution in [1.29, 1.82) is 0 Å². The van der Waals surface area contributed by atoms with Crippen molar-refractivity contribution in [2.24, 2.45) is 0 Å². The molecule has 0 radical (unpaired) electrons. The molecule has 1 N–H and O–H groups in total. The van der Waals surface area contributed by atoms with Crippen molar-refractivity contribution in [3.63, 3.8) is 0 Å². The quantitative estimate of drug-likeness (QED) is 0.716. The van der Waals surface area contributed by atoms with Crippen molar-refractivity contribution in [2.45, 2.75) is 18.0 Å². The molecule has 0 bridgehead atoms. The first-order chi connectivity index (χ1) is 11.2.